The molecule has 0 bridgehead atoms. The van der Waals surface area contributed by atoms with E-state index in [1.165, 1.54) is 11.3 Å². The Morgan fingerprint density at radius 2 is 2.32 bits per heavy atom. The van der Waals surface area contributed by atoms with Gasteiger partial charge in [0.2, 0.25) is 6.79 Å². The molecule has 0 aliphatic carbocycles. The van der Waals surface area contributed by atoms with Crippen molar-refractivity contribution in [3.05, 3.63) is 12.1 Å². The van der Waals surface area contributed by atoms with Crippen LogP contribution in [0, 0.1) is 11.8 Å². The average Bonchev–Trinajstić information content (AvgIpc) is 3.16. The Labute approximate surface area is 131 Å². The summed E-state index contributed by atoms with van der Waals surface area (Å²) in [6.07, 6.45) is 0. The first kappa shape index (κ1) is 13.2. The highest BCUT2D eigenvalue weighted by Crippen LogP contribution is 2.43. The molecular weight excluding hydrogens is 302 g/mol. The van der Waals surface area contributed by atoms with Crippen molar-refractivity contribution in [1.82, 2.24) is 10.3 Å². The number of nitrogens with one attached hydrogen (secondary N) is 1. The molecule has 4 rings (SSSR count). The molecule has 1 fully saturated rings. The van der Waals surface area contributed by atoms with Gasteiger partial charge in [-0.3, -0.25) is 4.90 Å². The van der Waals surface area contributed by atoms with Crippen molar-refractivity contribution < 1.29 is 14.3 Å². The number of hydrogen-bond acceptors (Lipinski definition) is 5. The third-order valence-corrected chi connectivity index (χ3v) is 4.72. The molecule has 0 saturated carbocycles. The van der Waals surface area contributed by atoms with Crippen LogP contribution < -0.4 is 19.7 Å². The van der Waals surface area contributed by atoms with E-state index in [-0.39, 0.29) is 24.9 Å². The molecule has 6 nitrogen and oxygen atoms in total. The summed E-state index contributed by atoms with van der Waals surface area (Å²) in [5.41, 5.74) is 0.727. The zero-order valence-corrected chi connectivity index (χ0v) is 12.9. The minimum absolute atomic E-state index is 0.0442. The topological polar surface area (TPSA) is 63.7 Å². The summed E-state index contributed by atoms with van der Waals surface area (Å²) in [4.78, 5) is 18.5. The fraction of sp³-hybridized carbons (Fsp3) is 0.333. The van der Waals surface area contributed by atoms with Gasteiger partial charge in [0.1, 0.15) is 11.6 Å². The van der Waals surface area contributed by atoms with Gasteiger partial charge in [0, 0.05) is 0 Å². The zero-order chi connectivity index (χ0) is 15.3. The van der Waals surface area contributed by atoms with E-state index >= 15 is 0 Å². The molecule has 3 heterocycles. The van der Waals surface area contributed by atoms with Gasteiger partial charge in [-0.05, 0) is 26.0 Å². The van der Waals surface area contributed by atoms with E-state index in [0.717, 1.165) is 10.2 Å². The minimum atomic E-state index is -0.219. The second-order valence-electron chi connectivity index (χ2n) is 5.09. The first-order chi connectivity index (χ1) is 10.7. The highest BCUT2D eigenvalue weighted by atomic mass is 32.1. The molecule has 2 amide bonds. The lowest BCUT2D eigenvalue weighted by molar-refractivity contribution is 0.174. The van der Waals surface area contributed by atoms with Crippen LogP contribution in [0.1, 0.15) is 13.8 Å². The van der Waals surface area contributed by atoms with Crippen LogP contribution in [0.15, 0.2) is 12.1 Å². The molecule has 1 aromatic heterocycles. The number of hydrogen-bond donors (Lipinski definition) is 1. The van der Waals surface area contributed by atoms with Crippen molar-refractivity contribution in [2.24, 2.45) is 0 Å². The second-order valence-corrected chi connectivity index (χ2v) is 6.10. The number of thiazole rings is 1. The van der Waals surface area contributed by atoms with Crippen molar-refractivity contribution in [2.75, 3.05) is 11.7 Å². The molecule has 0 radical (unpaired) electrons. The van der Waals surface area contributed by atoms with Gasteiger partial charge in [0.25, 0.3) is 0 Å². The van der Waals surface area contributed by atoms with Crippen LogP contribution in [0.25, 0.3) is 10.2 Å². The van der Waals surface area contributed by atoms with Crippen LogP contribution >= 0.6 is 11.3 Å². The number of nitrogens with zero attached hydrogens (tertiary/aromatic N) is 2. The number of urea groups is 1. The van der Waals surface area contributed by atoms with Crippen LogP contribution in [0.3, 0.4) is 0 Å². The van der Waals surface area contributed by atoms with E-state index in [4.69, 9.17) is 9.47 Å². The van der Waals surface area contributed by atoms with Gasteiger partial charge >= 0.3 is 6.03 Å². The molecule has 2 aliphatic heterocycles. The van der Waals surface area contributed by atoms with Crippen molar-refractivity contribution >= 4 is 32.7 Å². The molecule has 7 heteroatoms. The van der Waals surface area contributed by atoms with Gasteiger partial charge in [0.15, 0.2) is 16.6 Å². The number of aromatic nitrogens is 1. The predicted octanol–water partition coefficient (Wildman–Crippen LogP) is 2.33. The quantitative estimate of drug-likeness (QED) is 0.821. The molecule has 1 saturated heterocycles. The molecular formula is C15H13N3O3S. The molecule has 1 N–H and O–H groups in total. The lowest BCUT2D eigenvalue weighted by Gasteiger charge is -2.17. The van der Waals surface area contributed by atoms with Gasteiger partial charge in [-0.2, -0.15) is 0 Å². The minimum Gasteiger partial charge on any atom is -0.454 e. The van der Waals surface area contributed by atoms with Gasteiger partial charge in [-0.25, -0.2) is 9.78 Å². The highest BCUT2D eigenvalue weighted by Gasteiger charge is 2.38. The Morgan fingerprint density at radius 3 is 3.14 bits per heavy atom. The first-order valence-electron chi connectivity index (χ1n) is 6.90. The maximum absolute atomic E-state index is 12.2. The van der Waals surface area contributed by atoms with Crippen molar-refractivity contribution in [1.29, 1.82) is 0 Å². The van der Waals surface area contributed by atoms with Crippen molar-refractivity contribution in [2.45, 2.75) is 25.9 Å². The van der Waals surface area contributed by atoms with E-state index in [2.05, 4.69) is 22.1 Å². The third kappa shape index (κ3) is 1.81. The Balaban J connectivity index is 1.83. The molecule has 0 unspecified atom stereocenters. The zero-order valence-electron chi connectivity index (χ0n) is 12.0. The lowest BCUT2D eigenvalue weighted by atomic mass is 10.1. The van der Waals surface area contributed by atoms with E-state index < -0.39 is 0 Å². The Bertz CT molecular complexity index is 836. The van der Waals surface area contributed by atoms with E-state index in [0.29, 0.717) is 16.6 Å². The molecule has 2 aromatic rings. The average molecular weight is 315 g/mol. The smallest absolute Gasteiger partial charge is 0.325 e. The number of benzene rings is 1. The Kier molecular flexibility index (Phi) is 2.87. The fourth-order valence-corrected chi connectivity index (χ4v) is 3.68. The molecule has 2 atom stereocenters. The van der Waals surface area contributed by atoms with Crippen LogP contribution in [0.4, 0.5) is 9.93 Å². The SMILES string of the molecule is CC#C[C@@H]1[C@H](C)NC(=O)N1c1nc2c3c(ccc2s1)OCO3. The number of anilines is 1. The third-order valence-electron chi connectivity index (χ3n) is 3.70. The summed E-state index contributed by atoms with van der Waals surface area (Å²) in [6.45, 7) is 3.91. The summed E-state index contributed by atoms with van der Waals surface area (Å²) in [5.74, 6) is 7.29. The van der Waals surface area contributed by atoms with Crippen LogP contribution in [-0.4, -0.2) is 29.9 Å². The predicted molar refractivity (Wildman–Crippen MR) is 83.5 cm³/mol. The van der Waals surface area contributed by atoms with E-state index in [1.807, 2.05) is 19.1 Å². The number of fused-ring (bicyclic) bond motifs is 3. The summed E-state index contributed by atoms with van der Waals surface area (Å²) in [7, 11) is 0. The maximum atomic E-state index is 12.2. The van der Waals surface area contributed by atoms with Crippen molar-refractivity contribution in [3.63, 3.8) is 0 Å². The second kappa shape index (κ2) is 4.78. The first-order valence-corrected chi connectivity index (χ1v) is 7.72. The van der Waals surface area contributed by atoms with Gasteiger partial charge in [0.05, 0.1) is 10.7 Å². The molecule has 22 heavy (non-hydrogen) atoms. The van der Waals surface area contributed by atoms with E-state index in [1.54, 1.807) is 11.8 Å². The summed E-state index contributed by atoms with van der Waals surface area (Å²) >= 11 is 1.45. The van der Waals surface area contributed by atoms with Crippen molar-refractivity contribution in [3.8, 4) is 23.3 Å². The van der Waals surface area contributed by atoms with E-state index in [9.17, 15) is 4.79 Å². The monoisotopic (exact) mass is 315 g/mol. The summed E-state index contributed by atoms with van der Waals surface area (Å²) < 4.78 is 11.8. The number of rotatable bonds is 1. The fourth-order valence-electron chi connectivity index (χ4n) is 2.68. The highest BCUT2D eigenvalue weighted by molar-refractivity contribution is 7.22. The van der Waals surface area contributed by atoms with Gasteiger partial charge < -0.3 is 14.8 Å². The molecule has 2 aliphatic rings. The largest absolute Gasteiger partial charge is 0.454 e. The number of carbonyl (C=O) groups excluding carboxylic acids is 1. The Morgan fingerprint density at radius 1 is 1.45 bits per heavy atom. The number of ether oxygens (including phenoxy) is 2. The van der Waals surface area contributed by atoms with Crippen LogP contribution in [0.2, 0.25) is 0 Å². The van der Waals surface area contributed by atoms with Crippen LogP contribution in [-0.2, 0) is 0 Å². The normalized spacial score (nSPS) is 22.6. The lowest BCUT2D eigenvalue weighted by Crippen LogP contribution is -2.34. The number of amides is 2. The summed E-state index contributed by atoms with van der Waals surface area (Å²) in [5, 5.41) is 3.51. The maximum Gasteiger partial charge on any atom is 0.325 e. The standard InChI is InChI=1S/C15H13N3O3S/c1-3-4-9-8(2)16-14(19)18(9)15-17-12-11(22-15)6-5-10-13(12)21-7-20-10/h5-6,8-9H,7H2,1-2H3,(H,16,19)/t8-,9+/m0/s1. The number of carbonyl (C=O) groups is 1. The molecule has 112 valence electrons. The van der Waals surface area contributed by atoms with Gasteiger partial charge in [-0.15, -0.1) is 5.92 Å². The molecule has 1 aromatic carbocycles. The van der Waals surface area contributed by atoms with Gasteiger partial charge in [-0.1, -0.05) is 17.3 Å². The van der Waals surface area contributed by atoms with Crippen LogP contribution in [0.5, 0.6) is 11.5 Å². The summed E-state index contributed by atoms with van der Waals surface area (Å²) in [6, 6.07) is 3.36. The Hall–Kier alpha value is -2.46. The molecule has 0 spiro atoms.